The summed E-state index contributed by atoms with van der Waals surface area (Å²) in [5, 5.41) is 19.3. The number of aryl methyl sites for hydroxylation is 1. The first-order chi connectivity index (χ1) is 14.4. The van der Waals surface area contributed by atoms with Crippen molar-refractivity contribution in [2.75, 3.05) is 18.0 Å². The monoisotopic (exact) mass is 438 g/mol. The van der Waals surface area contributed by atoms with E-state index in [1.165, 1.54) is 11.3 Å². The highest BCUT2D eigenvalue weighted by Crippen LogP contribution is 2.39. The zero-order chi connectivity index (χ0) is 21.0. The van der Waals surface area contributed by atoms with Gasteiger partial charge in [0.05, 0.1) is 25.6 Å². The van der Waals surface area contributed by atoms with E-state index in [0.717, 1.165) is 46.7 Å². The van der Waals surface area contributed by atoms with Gasteiger partial charge in [-0.1, -0.05) is 11.6 Å². The summed E-state index contributed by atoms with van der Waals surface area (Å²) in [4.78, 5) is 15.7. The predicted octanol–water partition coefficient (Wildman–Crippen LogP) is 3.78. The van der Waals surface area contributed by atoms with E-state index in [4.69, 9.17) is 17.3 Å². The largest absolute Gasteiger partial charge is 0.341 e. The number of hydrogen-bond donors (Lipinski definition) is 2. The second-order valence-corrected chi connectivity index (χ2v) is 9.51. The quantitative estimate of drug-likeness (QED) is 0.488. The van der Waals surface area contributed by atoms with Gasteiger partial charge in [0.15, 0.2) is 11.3 Å². The lowest BCUT2D eigenvalue weighted by Crippen LogP contribution is -2.48. The van der Waals surface area contributed by atoms with Crippen molar-refractivity contribution in [3.8, 4) is 17.3 Å². The first kappa shape index (κ1) is 19.2. The minimum atomic E-state index is -0.176. The first-order valence-corrected chi connectivity index (χ1v) is 10.8. The Hall–Kier alpha value is -2.80. The lowest BCUT2D eigenvalue weighted by Gasteiger charge is -2.36. The number of hydrogen-bond acceptors (Lipinski definition) is 8. The normalized spacial score (nSPS) is 16.3. The van der Waals surface area contributed by atoms with Crippen LogP contribution in [0, 0.1) is 18.3 Å². The van der Waals surface area contributed by atoms with Crippen LogP contribution in [0.3, 0.4) is 0 Å². The molecule has 0 atom stereocenters. The van der Waals surface area contributed by atoms with Crippen LogP contribution in [0.4, 0.5) is 5.95 Å². The zero-order valence-corrected chi connectivity index (χ0v) is 18.1. The van der Waals surface area contributed by atoms with Crippen molar-refractivity contribution < 1.29 is 0 Å². The number of thiazole rings is 1. The standard InChI is InChI=1S/C20H19ClN8S/c1-10-24-12-4-3-11(15(21)17(12)30-10)16-14-13(9-22)25-19(26-18(14)28-27-16)29-7-5-20(2,23)6-8-29/h3-4H,5-8,23H2,1-2H3,(H,25,26,27,28). The molecule has 0 unspecified atom stereocenters. The van der Waals surface area contributed by atoms with Gasteiger partial charge in [-0.2, -0.15) is 15.3 Å². The van der Waals surface area contributed by atoms with E-state index in [1.807, 2.05) is 19.1 Å². The third-order valence-electron chi connectivity index (χ3n) is 5.56. The molecule has 0 bridgehead atoms. The number of aromatic amines is 1. The van der Waals surface area contributed by atoms with Crippen LogP contribution in [-0.4, -0.2) is 43.8 Å². The van der Waals surface area contributed by atoms with Crippen molar-refractivity contribution in [3.05, 3.63) is 27.9 Å². The molecule has 4 heterocycles. The minimum absolute atomic E-state index is 0.176. The number of piperidine rings is 1. The van der Waals surface area contributed by atoms with Crippen molar-refractivity contribution in [1.82, 2.24) is 25.1 Å². The molecule has 30 heavy (non-hydrogen) atoms. The third-order valence-corrected chi connectivity index (χ3v) is 7.07. The van der Waals surface area contributed by atoms with Gasteiger partial charge in [-0.05, 0) is 38.8 Å². The van der Waals surface area contributed by atoms with Crippen LogP contribution in [0.25, 0.3) is 32.5 Å². The summed E-state index contributed by atoms with van der Waals surface area (Å²) in [7, 11) is 0. The fourth-order valence-corrected chi connectivity index (χ4v) is 5.03. The predicted molar refractivity (Wildman–Crippen MR) is 119 cm³/mol. The summed E-state index contributed by atoms with van der Waals surface area (Å²) in [6, 6.07) is 6.00. The van der Waals surface area contributed by atoms with Crippen molar-refractivity contribution >= 4 is 50.1 Å². The molecule has 1 aliphatic rings. The molecular weight excluding hydrogens is 420 g/mol. The smallest absolute Gasteiger partial charge is 0.228 e. The SMILES string of the molecule is Cc1nc2ccc(-c3n[nH]c4nc(N5CCC(C)(N)CC5)nc(C#N)c34)c(Cl)c2s1. The number of nitrogens with zero attached hydrogens (tertiary/aromatic N) is 6. The Kier molecular flexibility index (Phi) is 4.39. The average Bonchev–Trinajstić information content (AvgIpc) is 3.31. The molecule has 0 radical (unpaired) electrons. The Labute approximate surface area is 181 Å². The number of benzene rings is 1. The Morgan fingerprint density at radius 3 is 2.77 bits per heavy atom. The Balaban J connectivity index is 1.62. The van der Waals surface area contributed by atoms with Gasteiger partial charge in [0.2, 0.25) is 5.95 Å². The maximum absolute atomic E-state index is 9.81. The first-order valence-electron chi connectivity index (χ1n) is 9.62. The highest BCUT2D eigenvalue weighted by molar-refractivity contribution is 7.19. The topological polar surface area (TPSA) is 120 Å². The number of rotatable bonds is 2. The maximum Gasteiger partial charge on any atom is 0.228 e. The van der Waals surface area contributed by atoms with Gasteiger partial charge < -0.3 is 10.6 Å². The van der Waals surface area contributed by atoms with Crippen LogP contribution in [-0.2, 0) is 0 Å². The molecule has 0 spiro atoms. The lowest BCUT2D eigenvalue weighted by molar-refractivity contribution is 0.362. The number of halogens is 1. The molecule has 0 aliphatic carbocycles. The molecule has 1 aliphatic heterocycles. The molecule has 10 heteroatoms. The van der Waals surface area contributed by atoms with Gasteiger partial charge in [0.25, 0.3) is 0 Å². The molecule has 0 saturated carbocycles. The van der Waals surface area contributed by atoms with Crippen LogP contribution in [0.15, 0.2) is 12.1 Å². The van der Waals surface area contributed by atoms with Crippen molar-refractivity contribution in [3.63, 3.8) is 0 Å². The molecular formula is C20H19ClN8S. The number of nitrogens with one attached hydrogen (secondary N) is 1. The molecule has 1 saturated heterocycles. The number of fused-ring (bicyclic) bond motifs is 2. The Morgan fingerprint density at radius 1 is 1.27 bits per heavy atom. The van der Waals surface area contributed by atoms with Gasteiger partial charge in [0.1, 0.15) is 11.8 Å². The molecule has 1 fully saturated rings. The number of H-pyrrole nitrogens is 1. The summed E-state index contributed by atoms with van der Waals surface area (Å²) in [5.41, 5.74) is 9.00. The fraction of sp³-hybridized carbons (Fsp3) is 0.350. The molecule has 3 aromatic heterocycles. The number of nitriles is 1. The highest BCUT2D eigenvalue weighted by Gasteiger charge is 2.28. The Morgan fingerprint density at radius 2 is 2.03 bits per heavy atom. The van der Waals surface area contributed by atoms with E-state index in [9.17, 15) is 5.26 Å². The molecule has 3 N–H and O–H groups in total. The van der Waals surface area contributed by atoms with Gasteiger partial charge in [-0.3, -0.25) is 5.10 Å². The number of aromatic nitrogens is 5. The van der Waals surface area contributed by atoms with Crippen LogP contribution in [0.1, 0.15) is 30.5 Å². The summed E-state index contributed by atoms with van der Waals surface area (Å²) in [6.07, 6.45) is 1.68. The summed E-state index contributed by atoms with van der Waals surface area (Å²) < 4.78 is 0.900. The number of anilines is 1. The molecule has 8 nitrogen and oxygen atoms in total. The van der Waals surface area contributed by atoms with E-state index in [2.05, 4.69) is 43.0 Å². The van der Waals surface area contributed by atoms with Crippen LogP contribution >= 0.6 is 22.9 Å². The second-order valence-electron chi connectivity index (χ2n) is 7.93. The highest BCUT2D eigenvalue weighted by atomic mass is 35.5. The summed E-state index contributed by atoms with van der Waals surface area (Å²) in [5.74, 6) is 0.518. The summed E-state index contributed by atoms with van der Waals surface area (Å²) in [6.45, 7) is 5.50. The third kappa shape index (κ3) is 3.08. The van der Waals surface area contributed by atoms with E-state index in [1.54, 1.807) is 0 Å². The van der Waals surface area contributed by atoms with E-state index >= 15 is 0 Å². The fourth-order valence-electron chi connectivity index (χ4n) is 3.81. The molecule has 5 rings (SSSR count). The average molecular weight is 439 g/mol. The second kappa shape index (κ2) is 6.87. The van der Waals surface area contributed by atoms with Gasteiger partial charge in [-0.15, -0.1) is 11.3 Å². The van der Waals surface area contributed by atoms with E-state index < -0.39 is 0 Å². The molecule has 4 aromatic rings. The van der Waals surface area contributed by atoms with E-state index in [-0.39, 0.29) is 11.2 Å². The van der Waals surface area contributed by atoms with Crippen molar-refractivity contribution in [1.29, 1.82) is 5.26 Å². The minimum Gasteiger partial charge on any atom is -0.341 e. The van der Waals surface area contributed by atoms with Crippen LogP contribution in [0.5, 0.6) is 0 Å². The van der Waals surface area contributed by atoms with E-state index in [0.29, 0.717) is 27.7 Å². The van der Waals surface area contributed by atoms with Gasteiger partial charge >= 0.3 is 0 Å². The van der Waals surface area contributed by atoms with Gasteiger partial charge in [-0.25, -0.2) is 9.97 Å². The zero-order valence-electron chi connectivity index (χ0n) is 16.5. The van der Waals surface area contributed by atoms with Gasteiger partial charge in [0, 0.05) is 24.2 Å². The van der Waals surface area contributed by atoms with Crippen LogP contribution < -0.4 is 10.6 Å². The van der Waals surface area contributed by atoms with Crippen molar-refractivity contribution in [2.45, 2.75) is 32.2 Å². The summed E-state index contributed by atoms with van der Waals surface area (Å²) >= 11 is 8.23. The number of nitrogens with two attached hydrogens (primary N) is 1. The van der Waals surface area contributed by atoms with Crippen molar-refractivity contribution in [2.24, 2.45) is 5.73 Å². The lowest BCUT2D eigenvalue weighted by atomic mass is 9.91. The molecule has 1 aromatic carbocycles. The Bertz CT molecular complexity index is 1320. The molecule has 0 amide bonds. The van der Waals surface area contributed by atoms with Crippen LogP contribution in [0.2, 0.25) is 5.02 Å². The molecule has 152 valence electrons. The maximum atomic E-state index is 9.81.